The Morgan fingerprint density at radius 3 is 2.92 bits per heavy atom. The molecule has 2 atom stereocenters. The first-order chi connectivity index (χ1) is 6.19. The van der Waals surface area contributed by atoms with Gasteiger partial charge in [0.05, 0.1) is 25.8 Å². The zero-order chi connectivity index (χ0) is 9.84. The molecule has 1 rings (SSSR count). The van der Waals surface area contributed by atoms with Crippen LogP contribution in [0.1, 0.15) is 12.8 Å². The highest BCUT2D eigenvalue weighted by Gasteiger charge is 2.31. The van der Waals surface area contributed by atoms with Crippen LogP contribution in [0.2, 0.25) is 0 Å². The summed E-state index contributed by atoms with van der Waals surface area (Å²) in [6.45, 7) is 0.185. The SMILES string of the molecule is COC(=O)N1C[C@@H](O)CCC1C#N. The van der Waals surface area contributed by atoms with Crippen molar-refractivity contribution >= 4 is 6.09 Å². The lowest BCUT2D eigenvalue weighted by Crippen LogP contribution is -2.48. The highest BCUT2D eigenvalue weighted by molar-refractivity contribution is 5.68. The fourth-order valence-electron chi connectivity index (χ4n) is 1.40. The summed E-state index contributed by atoms with van der Waals surface area (Å²) in [5.41, 5.74) is 0. The second-order valence-electron chi connectivity index (χ2n) is 3.00. The van der Waals surface area contributed by atoms with Crippen molar-refractivity contribution < 1.29 is 14.6 Å². The minimum Gasteiger partial charge on any atom is -0.453 e. The molecule has 0 spiro atoms. The molecule has 1 N–H and O–H groups in total. The Kier molecular flexibility index (Phi) is 3.09. The summed E-state index contributed by atoms with van der Waals surface area (Å²) >= 11 is 0. The van der Waals surface area contributed by atoms with Crippen molar-refractivity contribution in [3.8, 4) is 6.07 Å². The highest BCUT2D eigenvalue weighted by atomic mass is 16.5. The fourth-order valence-corrected chi connectivity index (χ4v) is 1.40. The summed E-state index contributed by atoms with van der Waals surface area (Å²) < 4.78 is 4.49. The minimum absolute atomic E-state index is 0.185. The van der Waals surface area contributed by atoms with Gasteiger partial charge in [-0.15, -0.1) is 0 Å². The number of rotatable bonds is 0. The van der Waals surface area contributed by atoms with Gasteiger partial charge in [0, 0.05) is 0 Å². The molecule has 5 nitrogen and oxygen atoms in total. The van der Waals surface area contributed by atoms with Gasteiger partial charge in [-0.05, 0) is 12.8 Å². The van der Waals surface area contributed by atoms with Gasteiger partial charge in [-0.2, -0.15) is 5.26 Å². The van der Waals surface area contributed by atoms with Crippen molar-refractivity contribution in [3.05, 3.63) is 0 Å². The van der Waals surface area contributed by atoms with E-state index in [2.05, 4.69) is 4.74 Å². The lowest BCUT2D eigenvalue weighted by molar-refractivity contribution is 0.0433. The zero-order valence-corrected chi connectivity index (χ0v) is 7.43. The number of β-amino-alcohol motifs (C(OH)–C–C–N with tert-alkyl or cyclic N) is 1. The lowest BCUT2D eigenvalue weighted by Gasteiger charge is -2.32. The van der Waals surface area contributed by atoms with Crippen molar-refractivity contribution in [2.24, 2.45) is 0 Å². The fraction of sp³-hybridized carbons (Fsp3) is 0.750. The van der Waals surface area contributed by atoms with Crippen LogP contribution in [0.25, 0.3) is 0 Å². The Morgan fingerprint density at radius 1 is 1.69 bits per heavy atom. The van der Waals surface area contributed by atoms with Gasteiger partial charge in [-0.25, -0.2) is 4.79 Å². The average molecular weight is 184 g/mol. The molecule has 0 bridgehead atoms. The van der Waals surface area contributed by atoms with Gasteiger partial charge in [-0.3, -0.25) is 4.90 Å². The number of aliphatic hydroxyl groups excluding tert-OH is 1. The normalized spacial score (nSPS) is 27.9. The molecular formula is C8H12N2O3. The topological polar surface area (TPSA) is 73.6 Å². The molecule has 0 saturated carbocycles. The number of likely N-dealkylation sites (tertiary alicyclic amines) is 1. The highest BCUT2D eigenvalue weighted by Crippen LogP contribution is 2.17. The van der Waals surface area contributed by atoms with Crippen molar-refractivity contribution in [3.63, 3.8) is 0 Å². The summed E-state index contributed by atoms with van der Waals surface area (Å²) in [6, 6.07) is 1.54. The molecule has 1 aliphatic heterocycles. The summed E-state index contributed by atoms with van der Waals surface area (Å²) in [6.07, 6.45) is -0.0209. The number of piperidine rings is 1. The van der Waals surface area contributed by atoms with E-state index in [0.717, 1.165) is 0 Å². The monoisotopic (exact) mass is 184 g/mol. The molecule has 1 heterocycles. The van der Waals surface area contributed by atoms with Gasteiger partial charge in [0.2, 0.25) is 0 Å². The van der Waals surface area contributed by atoms with Crippen LogP contribution in [-0.2, 0) is 4.74 Å². The first kappa shape index (κ1) is 9.81. The predicted molar refractivity (Wildman–Crippen MR) is 43.8 cm³/mol. The van der Waals surface area contributed by atoms with Crippen LogP contribution in [0.3, 0.4) is 0 Å². The number of methoxy groups -OCH3 is 1. The van der Waals surface area contributed by atoms with Gasteiger partial charge in [-0.1, -0.05) is 0 Å². The van der Waals surface area contributed by atoms with Crippen LogP contribution >= 0.6 is 0 Å². The Morgan fingerprint density at radius 2 is 2.38 bits per heavy atom. The molecule has 5 heteroatoms. The first-order valence-electron chi connectivity index (χ1n) is 4.11. The minimum atomic E-state index is -0.551. The molecule has 0 aliphatic carbocycles. The molecule has 0 radical (unpaired) electrons. The van der Waals surface area contributed by atoms with Crippen LogP contribution in [0, 0.1) is 11.3 Å². The zero-order valence-electron chi connectivity index (χ0n) is 7.43. The van der Waals surface area contributed by atoms with E-state index in [1.165, 1.54) is 12.0 Å². The van der Waals surface area contributed by atoms with E-state index in [1.54, 1.807) is 0 Å². The second kappa shape index (κ2) is 4.10. The number of hydrogen-bond acceptors (Lipinski definition) is 4. The third-order valence-corrected chi connectivity index (χ3v) is 2.12. The summed E-state index contributed by atoms with van der Waals surface area (Å²) in [5.74, 6) is 0. The Bertz CT molecular complexity index is 236. The van der Waals surface area contributed by atoms with Crippen LogP contribution < -0.4 is 0 Å². The Balaban J connectivity index is 2.66. The van der Waals surface area contributed by atoms with Crippen molar-refractivity contribution in [1.29, 1.82) is 5.26 Å². The van der Waals surface area contributed by atoms with Crippen LogP contribution in [0.15, 0.2) is 0 Å². The first-order valence-corrected chi connectivity index (χ1v) is 4.11. The third-order valence-electron chi connectivity index (χ3n) is 2.12. The molecule has 72 valence electrons. The molecule has 0 aromatic rings. The second-order valence-corrected chi connectivity index (χ2v) is 3.00. The van der Waals surface area contributed by atoms with Crippen molar-refractivity contribution in [2.45, 2.75) is 25.0 Å². The summed E-state index contributed by atoms with van der Waals surface area (Å²) in [4.78, 5) is 12.4. The van der Waals surface area contributed by atoms with E-state index < -0.39 is 18.2 Å². The maximum absolute atomic E-state index is 11.1. The van der Waals surface area contributed by atoms with Gasteiger partial charge in [0.1, 0.15) is 6.04 Å². The Hall–Kier alpha value is -1.28. The van der Waals surface area contributed by atoms with Gasteiger partial charge < -0.3 is 9.84 Å². The largest absolute Gasteiger partial charge is 0.453 e. The number of aliphatic hydroxyl groups is 1. The molecule has 1 fully saturated rings. The van der Waals surface area contributed by atoms with Gasteiger partial charge in [0.15, 0.2) is 0 Å². The van der Waals surface area contributed by atoms with Crippen molar-refractivity contribution in [2.75, 3.05) is 13.7 Å². The molecule has 13 heavy (non-hydrogen) atoms. The Labute approximate surface area is 76.5 Å². The van der Waals surface area contributed by atoms with Crippen LogP contribution in [0.5, 0.6) is 0 Å². The third kappa shape index (κ3) is 2.10. The van der Waals surface area contributed by atoms with E-state index in [4.69, 9.17) is 5.26 Å². The number of carbonyl (C=O) groups is 1. The summed E-state index contributed by atoms with van der Waals surface area (Å²) in [7, 11) is 1.26. The molecular weight excluding hydrogens is 172 g/mol. The molecule has 0 aromatic carbocycles. The van der Waals surface area contributed by atoms with E-state index in [-0.39, 0.29) is 6.54 Å². The quantitative estimate of drug-likeness (QED) is 0.579. The number of carbonyl (C=O) groups excluding carboxylic acids is 1. The van der Waals surface area contributed by atoms with Gasteiger partial charge >= 0.3 is 6.09 Å². The average Bonchev–Trinajstić information content (AvgIpc) is 2.16. The van der Waals surface area contributed by atoms with E-state index >= 15 is 0 Å². The molecule has 1 unspecified atom stereocenters. The van der Waals surface area contributed by atoms with E-state index in [1.807, 2.05) is 6.07 Å². The summed E-state index contributed by atoms with van der Waals surface area (Å²) in [5, 5.41) is 18.0. The maximum Gasteiger partial charge on any atom is 0.410 e. The van der Waals surface area contributed by atoms with Crippen LogP contribution in [0.4, 0.5) is 4.79 Å². The van der Waals surface area contributed by atoms with Gasteiger partial charge in [0.25, 0.3) is 0 Å². The molecule has 1 saturated heterocycles. The van der Waals surface area contributed by atoms with Crippen LogP contribution in [-0.4, -0.2) is 41.9 Å². The van der Waals surface area contributed by atoms with E-state index in [9.17, 15) is 9.90 Å². The molecule has 0 aromatic heterocycles. The maximum atomic E-state index is 11.1. The lowest BCUT2D eigenvalue weighted by atomic mass is 10.0. The standard InChI is InChI=1S/C8H12N2O3/c1-13-8(12)10-5-7(11)3-2-6(10)4-9/h6-7,11H,2-3,5H2,1H3/t6?,7-/m0/s1. The number of nitrogens with zero attached hydrogens (tertiary/aromatic N) is 2. The van der Waals surface area contributed by atoms with Crippen molar-refractivity contribution in [1.82, 2.24) is 4.90 Å². The van der Waals surface area contributed by atoms with E-state index in [0.29, 0.717) is 12.8 Å². The number of nitriles is 1. The number of hydrogen-bond donors (Lipinski definition) is 1. The predicted octanol–water partition coefficient (Wildman–Crippen LogP) is 0.102. The molecule has 1 amide bonds. The smallest absolute Gasteiger partial charge is 0.410 e. The number of ether oxygens (including phenoxy) is 1. The number of amides is 1. The molecule has 1 aliphatic rings.